The highest BCUT2D eigenvalue weighted by Gasteiger charge is 2.36. The number of carbonyl (C=O) groups excluding carboxylic acids is 1. The molecule has 0 bridgehead atoms. The third-order valence-electron chi connectivity index (χ3n) is 3.60. The zero-order valence-electron chi connectivity index (χ0n) is 10.3. The van der Waals surface area contributed by atoms with Gasteiger partial charge >= 0.3 is 0 Å². The Morgan fingerprint density at radius 3 is 2.53 bits per heavy atom. The summed E-state index contributed by atoms with van der Waals surface area (Å²) in [5.41, 5.74) is 0.222. The van der Waals surface area contributed by atoms with E-state index in [0.29, 0.717) is 13.1 Å². The molecule has 0 aliphatic carbocycles. The van der Waals surface area contributed by atoms with Gasteiger partial charge in [-0.2, -0.15) is 0 Å². The molecule has 0 N–H and O–H groups in total. The van der Waals surface area contributed by atoms with Crippen molar-refractivity contribution in [3.63, 3.8) is 0 Å². The van der Waals surface area contributed by atoms with Crippen LogP contribution in [0, 0.1) is 0 Å². The Morgan fingerprint density at radius 2 is 1.84 bits per heavy atom. The van der Waals surface area contributed by atoms with Crippen molar-refractivity contribution < 1.29 is 13.2 Å². The summed E-state index contributed by atoms with van der Waals surface area (Å²) in [5, 5.41) is -0.0771. The van der Waals surface area contributed by atoms with Crippen LogP contribution in [0.5, 0.6) is 0 Å². The van der Waals surface area contributed by atoms with Crippen molar-refractivity contribution in [2.75, 3.05) is 18.8 Å². The van der Waals surface area contributed by atoms with Crippen LogP contribution in [0.4, 0.5) is 0 Å². The molecule has 0 saturated carbocycles. The average molecular weight is 304 g/mol. The van der Waals surface area contributed by atoms with Crippen molar-refractivity contribution >= 4 is 27.3 Å². The molecule has 104 valence electrons. The predicted molar refractivity (Wildman–Crippen MR) is 69.0 cm³/mol. The summed E-state index contributed by atoms with van der Waals surface area (Å²) in [5.74, 6) is -0.215. The average Bonchev–Trinajstić information content (AvgIpc) is 2.87. The maximum absolute atomic E-state index is 12.4. The maximum Gasteiger partial charge on any atom is 0.273 e. The molecule has 0 unspecified atom stereocenters. The number of rotatable bonds is 1. The molecule has 3 heterocycles. The predicted octanol–water partition coefficient (Wildman–Crippen LogP) is 0.950. The molecule has 0 radical (unpaired) electrons. The van der Waals surface area contributed by atoms with Gasteiger partial charge in [-0.25, -0.2) is 13.4 Å². The zero-order chi connectivity index (χ0) is 13.6. The second kappa shape index (κ2) is 4.49. The molecule has 6 nitrogen and oxygen atoms in total. The van der Waals surface area contributed by atoms with E-state index in [1.54, 1.807) is 4.90 Å². The Bertz CT molecular complexity index is 632. The number of nitrogens with zero attached hydrogens (tertiary/aromatic N) is 3. The van der Waals surface area contributed by atoms with Crippen molar-refractivity contribution in [3.8, 4) is 0 Å². The summed E-state index contributed by atoms with van der Waals surface area (Å²) in [6, 6.07) is 0. The van der Waals surface area contributed by atoms with Gasteiger partial charge in [0, 0.05) is 19.6 Å². The van der Waals surface area contributed by atoms with Crippen molar-refractivity contribution in [2.45, 2.75) is 31.0 Å². The van der Waals surface area contributed by atoms with E-state index in [9.17, 15) is 13.2 Å². The number of likely N-dealkylation sites (tertiary alicyclic amines) is 1. The summed E-state index contributed by atoms with van der Waals surface area (Å²) in [6.45, 7) is 1.65. The molecule has 0 atom stereocenters. The number of halogens is 1. The first-order valence-corrected chi connectivity index (χ1v) is 8.32. The number of fused-ring (bicyclic) bond motifs is 1. The molecule has 0 aromatic carbocycles. The first-order chi connectivity index (χ1) is 9.00. The van der Waals surface area contributed by atoms with Crippen molar-refractivity contribution in [1.29, 1.82) is 0 Å². The van der Waals surface area contributed by atoms with Crippen molar-refractivity contribution in [3.05, 3.63) is 10.8 Å². The second-order valence-electron chi connectivity index (χ2n) is 4.86. The molecule has 2 aliphatic heterocycles. The summed E-state index contributed by atoms with van der Waals surface area (Å²) in [7, 11) is -3.37. The molecular weight excluding hydrogens is 290 g/mol. The SMILES string of the molecule is O=C(c1c(Cl)nc2n1CCS2(=O)=O)N1CCCCC1. The molecule has 1 saturated heterocycles. The molecule has 3 rings (SSSR count). The first-order valence-electron chi connectivity index (χ1n) is 6.29. The highest BCUT2D eigenvalue weighted by molar-refractivity contribution is 7.91. The van der Waals surface area contributed by atoms with Gasteiger partial charge in [0.1, 0.15) is 5.69 Å². The van der Waals surface area contributed by atoms with Crippen molar-refractivity contribution in [1.82, 2.24) is 14.5 Å². The summed E-state index contributed by atoms with van der Waals surface area (Å²) >= 11 is 5.96. The zero-order valence-corrected chi connectivity index (χ0v) is 11.9. The molecular formula is C11H14ClN3O3S. The number of amides is 1. The molecule has 1 amide bonds. The topological polar surface area (TPSA) is 72.3 Å². The number of imidazole rings is 1. The van der Waals surface area contributed by atoms with Gasteiger partial charge in [-0.15, -0.1) is 0 Å². The van der Waals surface area contributed by atoms with E-state index < -0.39 is 9.84 Å². The van der Waals surface area contributed by atoms with Crippen molar-refractivity contribution in [2.24, 2.45) is 0 Å². The fourth-order valence-electron chi connectivity index (χ4n) is 2.60. The summed E-state index contributed by atoms with van der Waals surface area (Å²) in [4.78, 5) is 18.0. The van der Waals surface area contributed by atoms with Gasteiger partial charge in [0.2, 0.25) is 15.0 Å². The number of aromatic nitrogens is 2. The third kappa shape index (κ3) is 2.04. The Labute approximate surface area is 116 Å². The van der Waals surface area contributed by atoms with E-state index in [1.807, 2.05) is 0 Å². The van der Waals surface area contributed by atoms with Crippen LogP contribution in [0.2, 0.25) is 5.15 Å². The van der Waals surface area contributed by atoms with Crippen LogP contribution in [0.3, 0.4) is 0 Å². The number of piperidine rings is 1. The minimum absolute atomic E-state index is 0.00570. The maximum atomic E-state index is 12.4. The highest BCUT2D eigenvalue weighted by atomic mass is 35.5. The van der Waals surface area contributed by atoms with Gasteiger partial charge < -0.3 is 9.47 Å². The van der Waals surface area contributed by atoms with Crippen LogP contribution in [-0.2, 0) is 16.4 Å². The second-order valence-corrected chi connectivity index (χ2v) is 7.22. The lowest BCUT2D eigenvalue weighted by Crippen LogP contribution is -2.36. The summed E-state index contributed by atoms with van der Waals surface area (Å²) < 4.78 is 24.9. The number of carbonyl (C=O) groups is 1. The standard InChI is InChI=1S/C11H14ClN3O3S/c12-9-8(10(16)14-4-2-1-3-5-14)15-6-7-19(17,18)11(15)13-9/h1-7H2. The molecule has 1 aromatic rings. The van der Waals surface area contributed by atoms with Gasteiger partial charge in [-0.3, -0.25) is 4.79 Å². The van der Waals surface area contributed by atoms with Gasteiger partial charge in [0.05, 0.1) is 5.75 Å². The van der Waals surface area contributed by atoms with Gasteiger partial charge in [0.25, 0.3) is 5.91 Å². The molecule has 19 heavy (non-hydrogen) atoms. The fourth-order valence-corrected chi connectivity index (χ4v) is 4.27. The quantitative estimate of drug-likeness (QED) is 0.774. The van der Waals surface area contributed by atoms with E-state index >= 15 is 0 Å². The number of sulfone groups is 1. The first kappa shape index (κ1) is 12.9. The van der Waals surface area contributed by atoms with Gasteiger partial charge in [0.15, 0.2) is 5.15 Å². The fraction of sp³-hybridized carbons (Fsp3) is 0.636. The lowest BCUT2D eigenvalue weighted by Gasteiger charge is -2.26. The van der Waals surface area contributed by atoms with Gasteiger partial charge in [-0.1, -0.05) is 11.6 Å². The van der Waals surface area contributed by atoms with Crippen LogP contribution in [0.15, 0.2) is 5.16 Å². The number of hydrogen-bond donors (Lipinski definition) is 0. The highest BCUT2D eigenvalue weighted by Crippen LogP contribution is 2.28. The van der Waals surface area contributed by atoms with Gasteiger partial charge in [-0.05, 0) is 19.3 Å². The normalized spacial score (nSPS) is 21.4. The Hall–Kier alpha value is -1.08. The minimum atomic E-state index is -3.37. The molecule has 1 aromatic heterocycles. The van der Waals surface area contributed by atoms with Crippen LogP contribution in [0.25, 0.3) is 0 Å². The minimum Gasteiger partial charge on any atom is -0.337 e. The Kier molecular flexibility index (Phi) is 3.05. The smallest absolute Gasteiger partial charge is 0.273 e. The Balaban J connectivity index is 2.00. The van der Waals surface area contributed by atoms with E-state index in [2.05, 4.69) is 4.98 Å². The van der Waals surface area contributed by atoms with Crippen LogP contribution >= 0.6 is 11.6 Å². The molecule has 0 spiro atoms. The molecule has 2 aliphatic rings. The van der Waals surface area contributed by atoms with E-state index in [4.69, 9.17) is 11.6 Å². The molecule has 1 fully saturated rings. The third-order valence-corrected chi connectivity index (χ3v) is 5.45. The van der Waals surface area contributed by atoms with E-state index in [1.165, 1.54) is 4.57 Å². The largest absolute Gasteiger partial charge is 0.337 e. The number of hydrogen-bond acceptors (Lipinski definition) is 4. The monoisotopic (exact) mass is 303 g/mol. The van der Waals surface area contributed by atoms with E-state index in [0.717, 1.165) is 19.3 Å². The van der Waals surface area contributed by atoms with Crippen LogP contribution in [0.1, 0.15) is 29.8 Å². The van der Waals surface area contributed by atoms with E-state index in [-0.39, 0.29) is 34.2 Å². The lowest BCUT2D eigenvalue weighted by atomic mass is 10.1. The summed E-state index contributed by atoms with van der Waals surface area (Å²) in [6.07, 6.45) is 3.07. The van der Waals surface area contributed by atoms with Crippen LogP contribution < -0.4 is 0 Å². The Morgan fingerprint density at radius 1 is 1.16 bits per heavy atom. The van der Waals surface area contributed by atoms with Crippen LogP contribution in [-0.4, -0.2) is 47.6 Å². The lowest BCUT2D eigenvalue weighted by molar-refractivity contribution is 0.0713. The molecule has 8 heteroatoms.